The molecule has 0 spiro atoms. The van der Waals surface area contributed by atoms with Gasteiger partial charge in [-0.05, 0) is 24.6 Å². The maximum Gasteiger partial charge on any atom is 0.238 e. The van der Waals surface area contributed by atoms with Crippen molar-refractivity contribution < 1.29 is 9.00 Å². The van der Waals surface area contributed by atoms with Crippen LogP contribution >= 0.6 is 11.3 Å². The van der Waals surface area contributed by atoms with Crippen molar-refractivity contribution in [1.82, 2.24) is 9.88 Å². The lowest BCUT2D eigenvalue weighted by Crippen LogP contribution is -2.28. The van der Waals surface area contributed by atoms with Gasteiger partial charge in [0, 0.05) is 19.3 Å². The number of fused-ring (bicyclic) bond motifs is 1. The number of aromatic nitrogens is 1. The quantitative estimate of drug-likeness (QED) is 0.845. The van der Waals surface area contributed by atoms with Gasteiger partial charge in [0.2, 0.25) is 5.91 Å². The minimum atomic E-state index is -1.37. The van der Waals surface area contributed by atoms with Crippen molar-refractivity contribution in [3.63, 3.8) is 0 Å². The zero-order valence-corrected chi connectivity index (χ0v) is 12.0. The summed E-state index contributed by atoms with van der Waals surface area (Å²) in [4.78, 5) is 17.8. The van der Waals surface area contributed by atoms with E-state index < -0.39 is 16.0 Å². The van der Waals surface area contributed by atoms with Crippen LogP contribution in [0.4, 0.5) is 5.69 Å². The van der Waals surface area contributed by atoms with Crippen LogP contribution in [0.1, 0.15) is 6.42 Å². The van der Waals surface area contributed by atoms with Crippen LogP contribution in [0.2, 0.25) is 0 Å². The molecule has 2 heterocycles. The molecule has 3 rings (SSSR count). The van der Waals surface area contributed by atoms with Gasteiger partial charge in [-0.1, -0.05) is 0 Å². The number of nitrogens with zero attached hydrogens (tertiary/aromatic N) is 2. The predicted molar refractivity (Wildman–Crippen MR) is 76.5 cm³/mol. The Hall–Kier alpha value is -1.47. The molecule has 0 aliphatic carbocycles. The fraction of sp³-hybridized carbons (Fsp3) is 0.333. The van der Waals surface area contributed by atoms with Crippen LogP contribution in [0.25, 0.3) is 10.2 Å². The lowest BCUT2D eigenvalue weighted by atomic mass is 10.3. The van der Waals surface area contributed by atoms with Crippen LogP contribution in [0.3, 0.4) is 0 Å². The molecule has 0 saturated carbocycles. The van der Waals surface area contributed by atoms with E-state index >= 15 is 0 Å². The van der Waals surface area contributed by atoms with Crippen molar-refractivity contribution in [3.8, 4) is 0 Å². The summed E-state index contributed by atoms with van der Waals surface area (Å²) in [7, 11) is 0.361. The number of carbonyl (C=O) groups is 1. The lowest BCUT2D eigenvalue weighted by Gasteiger charge is -2.08. The van der Waals surface area contributed by atoms with Crippen molar-refractivity contribution in [1.29, 1.82) is 0 Å². The number of anilines is 1. The number of nitrogens with two attached hydrogens (primary N) is 1. The van der Waals surface area contributed by atoms with Crippen LogP contribution in [0.5, 0.6) is 0 Å². The summed E-state index contributed by atoms with van der Waals surface area (Å²) in [6.07, 6.45) is 0.625. The number of benzene rings is 1. The molecule has 2 unspecified atom stereocenters. The average Bonchev–Trinajstić information content (AvgIpc) is 2.93. The monoisotopic (exact) mass is 295 g/mol. The highest BCUT2D eigenvalue weighted by atomic mass is 32.2. The van der Waals surface area contributed by atoms with Crippen molar-refractivity contribution >= 4 is 43.9 Å². The number of rotatable bonds is 2. The van der Waals surface area contributed by atoms with Gasteiger partial charge >= 0.3 is 0 Å². The fourth-order valence-electron chi connectivity index (χ4n) is 2.12. The van der Waals surface area contributed by atoms with Crippen molar-refractivity contribution in [2.24, 2.45) is 0 Å². The number of likely N-dealkylation sites (tertiary alicyclic amines) is 1. The summed E-state index contributed by atoms with van der Waals surface area (Å²) >= 11 is 1.35. The molecule has 100 valence electrons. The minimum absolute atomic E-state index is 0.0582. The molecule has 0 radical (unpaired) electrons. The first kappa shape index (κ1) is 12.6. The summed E-state index contributed by atoms with van der Waals surface area (Å²) in [5.41, 5.74) is 7.15. The van der Waals surface area contributed by atoms with E-state index in [1.807, 2.05) is 12.1 Å². The van der Waals surface area contributed by atoms with Gasteiger partial charge in [0.05, 0.1) is 21.0 Å². The van der Waals surface area contributed by atoms with E-state index in [2.05, 4.69) is 4.98 Å². The SMILES string of the molecule is CN1CCC(S(=O)c2nc3ccc(N)cc3s2)C1=O. The van der Waals surface area contributed by atoms with Crippen LogP contribution in [-0.4, -0.2) is 38.8 Å². The van der Waals surface area contributed by atoms with Crippen molar-refractivity contribution in [2.75, 3.05) is 19.3 Å². The normalized spacial score (nSPS) is 21.2. The Kier molecular flexibility index (Phi) is 3.02. The number of hydrogen-bond acceptors (Lipinski definition) is 5. The lowest BCUT2D eigenvalue weighted by molar-refractivity contribution is -0.126. The van der Waals surface area contributed by atoms with Gasteiger partial charge in [0.1, 0.15) is 5.25 Å². The third-order valence-electron chi connectivity index (χ3n) is 3.20. The molecule has 1 amide bonds. The maximum atomic E-state index is 12.4. The molecule has 2 N–H and O–H groups in total. The van der Waals surface area contributed by atoms with Gasteiger partial charge < -0.3 is 10.6 Å². The fourth-order valence-corrected chi connectivity index (χ4v) is 4.92. The average molecular weight is 295 g/mol. The van der Waals surface area contributed by atoms with E-state index in [-0.39, 0.29) is 5.91 Å². The maximum absolute atomic E-state index is 12.4. The number of nitrogen functional groups attached to an aromatic ring is 1. The predicted octanol–water partition coefficient (Wildman–Crippen LogP) is 1.22. The Bertz CT molecular complexity index is 683. The van der Waals surface area contributed by atoms with Gasteiger partial charge in [-0.3, -0.25) is 9.00 Å². The molecular weight excluding hydrogens is 282 g/mol. The first-order valence-electron chi connectivity index (χ1n) is 5.88. The second kappa shape index (κ2) is 4.57. The van der Waals surface area contributed by atoms with Crippen LogP contribution in [0.15, 0.2) is 22.5 Å². The molecule has 0 bridgehead atoms. The standard InChI is InChI=1S/C12H13N3O2S2/c1-15-5-4-10(11(15)16)19(17)12-14-8-3-2-7(13)6-9(8)18-12/h2-3,6,10H,4-5,13H2,1H3. The second-order valence-corrected chi connectivity index (χ2v) is 7.38. The Balaban J connectivity index is 1.96. The number of hydrogen-bond donors (Lipinski definition) is 1. The zero-order chi connectivity index (χ0) is 13.6. The molecule has 7 heteroatoms. The van der Waals surface area contributed by atoms with Gasteiger partial charge in [-0.2, -0.15) is 0 Å². The molecule has 1 fully saturated rings. The van der Waals surface area contributed by atoms with Gasteiger partial charge in [0.25, 0.3) is 0 Å². The van der Waals surface area contributed by atoms with Crippen LogP contribution < -0.4 is 5.73 Å². The second-order valence-electron chi connectivity index (χ2n) is 4.54. The highest BCUT2D eigenvalue weighted by Crippen LogP contribution is 2.29. The molecule has 1 aromatic heterocycles. The van der Waals surface area contributed by atoms with Gasteiger partial charge in [0.15, 0.2) is 4.34 Å². The largest absolute Gasteiger partial charge is 0.399 e. The summed E-state index contributed by atoms with van der Waals surface area (Å²) in [5, 5.41) is -0.456. The molecule has 5 nitrogen and oxygen atoms in total. The number of amides is 1. The van der Waals surface area contributed by atoms with Crippen LogP contribution in [-0.2, 0) is 15.6 Å². The highest BCUT2D eigenvalue weighted by Gasteiger charge is 2.35. The Morgan fingerprint density at radius 2 is 2.32 bits per heavy atom. The van der Waals surface area contributed by atoms with Crippen molar-refractivity contribution in [2.45, 2.75) is 16.0 Å². The number of thiazole rings is 1. The highest BCUT2D eigenvalue weighted by molar-refractivity contribution is 7.88. The van der Waals surface area contributed by atoms with E-state index in [0.717, 1.165) is 10.2 Å². The van der Waals surface area contributed by atoms with E-state index in [1.165, 1.54) is 11.3 Å². The molecular formula is C12H13N3O2S2. The molecule has 1 aliphatic rings. The molecule has 19 heavy (non-hydrogen) atoms. The molecule has 1 aromatic carbocycles. The van der Waals surface area contributed by atoms with Crippen molar-refractivity contribution in [3.05, 3.63) is 18.2 Å². The third kappa shape index (κ3) is 2.12. The molecule has 1 saturated heterocycles. The molecule has 2 atom stereocenters. The van der Waals surface area contributed by atoms with E-state index in [9.17, 15) is 9.00 Å². The van der Waals surface area contributed by atoms with E-state index in [1.54, 1.807) is 18.0 Å². The first-order chi connectivity index (χ1) is 9.06. The Labute approximate surface area is 116 Å². The zero-order valence-electron chi connectivity index (χ0n) is 10.3. The van der Waals surface area contributed by atoms with Gasteiger partial charge in [-0.25, -0.2) is 4.98 Å². The summed E-state index contributed by atoms with van der Waals surface area (Å²) in [5.74, 6) is -0.0582. The third-order valence-corrected chi connectivity index (χ3v) is 6.15. The number of carbonyl (C=O) groups excluding carboxylic acids is 1. The Morgan fingerprint density at radius 3 is 3.00 bits per heavy atom. The summed E-state index contributed by atoms with van der Waals surface area (Å²) in [6, 6.07) is 5.39. The van der Waals surface area contributed by atoms with Crippen LogP contribution in [0, 0.1) is 0 Å². The Morgan fingerprint density at radius 1 is 1.53 bits per heavy atom. The summed E-state index contributed by atoms with van der Waals surface area (Å²) < 4.78 is 13.9. The molecule has 2 aromatic rings. The van der Waals surface area contributed by atoms with Gasteiger partial charge in [-0.15, -0.1) is 11.3 Å². The van der Waals surface area contributed by atoms with E-state index in [0.29, 0.717) is 23.0 Å². The van der Waals surface area contributed by atoms with E-state index in [4.69, 9.17) is 5.73 Å². The molecule has 1 aliphatic heterocycles. The smallest absolute Gasteiger partial charge is 0.238 e. The first-order valence-corrected chi connectivity index (χ1v) is 7.91. The minimum Gasteiger partial charge on any atom is -0.399 e. The summed E-state index contributed by atoms with van der Waals surface area (Å²) in [6.45, 7) is 0.660. The topological polar surface area (TPSA) is 76.3 Å².